The molecule has 1 saturated carbocycles. The molecule has 10 heteroatoms. The number of carboxylic acid groups (broad SMARTS) is 1. The SMILES string of the molecule is CC(C)(C)OC(=O)NCc1ccc(CNC(=O)[C@H](Cc2ccccc2)NC(=O)[C@@H](CC2CCCCC2)NCC(=O)O)cc1. The Bertz CT molecular complexity index is 1190. The number of carbonyl (C=O) groups excluding carboxylic acids is 3. The molecule has 0 unspecified atom stereocenters. The van der Waals surface area contributed by atoms with Crippen LogP contribution in [0.3, 0.4) is 0 Å². The van der Waals surface area contributed by atoms with Crippen molar-refractivity contribution in [3.05, 3.63) is 71.3 Å². The van der Waals surface area contributed by atoms with Crippen LogP contribution >= 0.6 is 0 Å². The van der Waals surface area contributed by atoms with Crippen LogP contribution in [0.4, 0.5) is 4.79 Å². The molecule has 5 N–H and O–H groups in total. The molecule has 1 aliphatic rings. The molecule has 2 atom stereocenters. The lowest BCUT2D eigenvalue weighted by atomic mass is 9.84. The van der Waals surface area contributed by atoms with Crippen LogP contribution in [-0.2, 0) is 38.6 Å². The maximum Gasteiger partial charge on any atom is 0.407 e. The van der Waals surface area contributed by atoms with Gasteiger partial charge in [0.25, 0.3) is 0 Å². The molecule has 0 radical (unpaired) electrons. The van der Waals surface area contributed by atoms with Crippen LogP contribution < -0.4 is 21.3 Å². The van der Waals surface area contributed by atoms with Crippen molar-refractivity contribution in [3.8, 4) is 0 Å². The van der Waals surface area contributed by atoms with Crippen LogP contribution in [0.25, 0.3) is 0 Å². The lowest BCUT2D eigenvalue weighted by molar-refractivity contribution is -0.136. The number of aliphatic carboxylic acids is 1. The summed E-state index contributed by atoms with van der Waals surface area (Å²) in [6.07, 6.45) is 5.77. The Hall–Kier alpha value is -3.92. The number of carbonyl (C=O) groups is 4. The average Bonchev–Trinajstić information content (AvgIpc) is 2.97. The van der Waals surface area contributed by atoms with Crippen molar-refractivity contribution < 1.29 is 29.0 Å². The highest BCUT2D eigenvalue weighted by Crippen LogP contribution is 2.27. The van der Waals surface area contributed by atoms with E-state index in [4.69, 9.17) is 4.74 Å². The van der Waals surface area contributed by atoms with Gasteiger partial charge < -0.3 is 25.8 Å². The fraction of sp³-hybridized carbons (Fsp3) is 0.515. The van der Waals surface area contributed by atoms with Crippen molar-refractivity contribution in [2.45, 2.75) is 96.5 Å². The summed E-state index contributed by atoms with van der Waals surface area (Å²) in [5.41, 5.74) is 2.06. The predicted molar refractivity (Wildman–Crippen MR) is 164 cm³/mol. The maximum atomic E-state index is 13.4. The van der Waals surface area contributed by atoms with E-state index in [0.29, 0.717) is 25.3 Å². The zero-order valence-electron chi connectivity index (χ0n) is 25.5. The van der Waals surface area contributed by atoms with Crippen molar-refractivity contribution >= 4 is 23.9 Å². The summed E-state index contributed by atoms with van der Waals surface area (Å²) in [7, 11) is 0. The van der Waals surface area contributed by atoms with E-state index in [1.54, 1.807) is 20.8 Å². The molecule has 1 aliphatic carbocycles. The summed E-state index contributed by atoms with van der Waals surface area (Å²) in [6, 6.07) is 15.4. The summed E-state index contributed by atoms with van der Waals surface area (Å²) in [5.74, 6) is -1.39. The van der Waals surface area contributed by atoms with E-state index in [9.17, 15) is 24.3 Å². The first kappa shape index (κ1) is 33.6. The van der Waals surface area contributed by atoms with Gasteiger partial charge in [-0.3, -0.25) is 19.7 Å². The summed E-state index contributed by atoms with van der Waals surface area (Å²) in [5, 5.41) is 20.7. The number of hydrogen-bond acceptors (Lipinski definition) is 6. The Kier molecular flexibility index (Phi) is 13.0. The fourth-order valence-corrected chi connectivity index (χ4v) is 5.16. The number of rotatable bonds is 14. The molecule has 2 aromatic rings. The molecular weight excluding hydrogens is 548 g/mol. The van der Waals surface area contributed by atoms with Gasteiger partial charge in [0.1, 0.15) is 11.6 Å². The molecule has 2 aromatic carbocycles. The third-order valence-electron chi connectivity index (χ3n) is 7.35. The van der Waals surface area contributed by atoms with Crippen LogP contribution in [0.2, 0.25) is 0 Å². The Morgan fingerprint density at radius 3 is 2.00 bits per heavy atom. The third-order valence-corrected chi connectivity index (χ3v) is 7.35. The highest BCUT2D eigenvalue weighted by atomic mass is 16.6. The first-order chi connectivity index (χ1) is 20.5. The zero-order valence-corrected chi connectivity index (χ0v) is 25.5. The Labute approximate surface area is 254 Å². The molecule has 0 aromatic heterocycles. The van der Waals surface area contributed by atoms with Crippen LogP contribution in [0.1, 0.15) is 76.0 Å². The number of carboxylic acids is 1. The van der Waals surface area contributed by atoms with E-state index in [1.165, 1.54) is 6.42 Å². The lowest BCUT2D eigenvalue weighted by Crippen LogP contribution is -2.54. The van der Waals surface area contributed by atoms with Gasteiger partial charge >= 0.3 is 12.1 Å². The van der Waals surface area contributed by atoms with Crippen LogP contribution in [0.15, 0.2) is 54.6 Å². The minimum Gasteiger partial charge on any atom is -0.480 e. The summed E-state index contributed by atoms with van der Waals surface area (Å²) in [6.45, 7) is 5.64. The standard InChI is InChI=1S/C33H46N4O6/c1-33(2,3)43-32(42)36-21-26-16-14-25(15-17-26)20-35-30(40)28(19-24-12-8-5-9-13-24)37-31(41)27(34-22-29(38)39)18-23-10-6-4-7-11-23/h5,8-9,12-17,23,27-28,34H,4,6-7,10-11,18-22H2,1-3H3,(H,35,40)(H,36,42)(H,37,41)(H,38,39)/t27-,28+/m1/s1. The number of ether oxygens (including phenoxy) is 1. The van der Waals surface area contributed by atoms with Gasteiger partial charge in [-0.2, -0.15) is 0 Å². The Balaban J connectivity index is 1.62. The van der Waals surface area contributed by atoms with Crippen LogP contribution in [0, 0.1) is 5.92 Å². The second-order valence-electron chi connectivity index (χ2n) is 12.2. The highest BCUT2D eigenvalue weighted by molar-refractivity contribution is 5.90. The third kappa shape index (κ3) is 12.9. The van der Waals surface area contributed by atoms with Gasteiger partial charge in [-0.05, 0) is 49.8 Å². The first-order valence-corrected chi connectivity index (χ1v) is 15.1. The van der Waals surface area contributed by atoms with Crippen molar-refractivity contribution in [3.63, 3.8) is 0 Å². The van der Waals surface area contributed by atoms with Gasteiger partial charge in [0.15, 0.2) is 0 Å². The molecule has 10 nitrogen and oxygen atoms in total. The number of amides is 3. The minimum atomic E-state index is -1.04. The number of nitrogens with one attached hydrogen (secondary N) is 4. The van der Waals surface area contributed by atoms with Crippen molar-refractivity contribution in [2.24, 2.45) is 5.92 Å². The van der Waals surface area contributed by atoms with Crippen molar-refractivity contribution in [1.29, 1.82) is 0 Å². The second kappa shape index (κ2) is 16.6. The molecule has 43 heavy (non-hydrogen) atoms. The quantitative estimate of drug-likeness (QED) is 0.222. The molecule has 0 spiro atoms. The van der Waals surface area contributed by atoms with E-state index >= 15 is 0 Å². The molecule has 0 bridgehead atoms. The zero-order chi connectivity index (χ0) is 31.2. The van der Waals surface area contributed by atoms with E-state index in [1.807, 2.05) is 54.6 Å². The predicted octanol–water partition coefficient (Wildman–Crippen LogP) is 4.07. The normalized spacial score (nSPS) is 15.1. The van der Waals surface area contributed by atoms with Gasteiger partial charge in [0.2, 0.25) is 11.8 Å². The monoisotopic (exact) mass is 594 g/mol. The number of alkyl carbamates (subject to hydrolysis) is 1. The molecule has 1 fully saturated rings. The summed E-state index contributed by atoms with van der Waals surface area (Å²) < 4.78 is 5.26. The largest absolute Gasteiger partial charge is 0.480 e. The Morgan fingerprint density at radius 2 is 1.42 bits per heavy atom. The molecular formula is C33H46N4O6. The van der Waals surface area contributed by atoms with Gasteiger partial charge in [-0.15, -0.1) is 0 Å². The molecule has 3 amide bonds. The van der Waals surface area contributed by atoms with E-state index in [-0.39, 0.29) is 24.9 Å². The Morgan fingerprint density at radius 1 is 0.814 bits per heavy atom. The van der Waals surface area contributed by atoms with Crippen molar-refractivity contribution in [2.75, 3.05) is 6.54 Å². The average molecular weight is 595 g/mol. The van der Waals surface area contributed by atoms with Gasteiger partial charge in [-0.1, -0.05) is 86.7 Å². The van der Waals surface area contributed by atoms with Crippen LogP contribution in [-0.4, -0.2) is 53.2 Å². The first-order valence-electron chi connectivity index (χ1n) is 15.1. The number of hydrogen-bond donors (Lipinski definition) is 5. The van der Waals surface area contributed by atoms with Crippen molar-refractivity contribution in [1.82, 2.24) is 21.3 Å². The molecule has 3 rings (SSSR count). The van der Waals surface area contributed by atoms with Crippen LogP contribution in [0.5, 0.6) is 0 Å². The molecule has 0 heterocycles. The van der Waals surface area contributed by atoms with Gasteiger partial charge in [0.05, 0.1) is 12.6 Å². The molecule has 0 aliphatic heterocycles. The summed E-state index contributed by atoms with van der Waals surface area (Å²) in [4.78, 5) is 50.0. The van der Waals surface area contributed by atoms with Gasteiger partial charge in [0, 0.05) is 19.5 Å². The summed E-state index contributed by atoms with van der Waals surface area (Å²) >= 11 is 0. The molecule has 234 valence electrons. The fourth-order valence-electron chi connectivity index (χ4n) is 5.16. The molecule has 0 saturated heterocycles. The minimum absolute atomic E-state index is 0.253. The van der Waals surface area contributed by atoms with E-state index in [0.717, 1.165) is 42.4 Å². The van der Waals surface area contributed by atoms with E-state index in [2.05, 4.69) is 21.3 Å². The topological polar surface area (TPSA) is 146 Å². The smallest absolute Gasteiger partial charge is 0.407 e. The second-order valence-corrected chi connectivity index (χ2v) is 12.2. The van der Waals surface area contributed by atoms with Gasteiger partial charge in [-0.25, -0.2) is 4.79 Å². The highest BCUT2D eigenvalue weighted by Gasteiger charge is 2.29. The lowest BCUT2D eigenvalue weighted by Gasteiger charge is -2.28. The maximum absolute atomic E-state index is 13.4. The van der Waals surface area contributed by atoms with E-state index < -0.39 is 29.7 Å². The number of benzene rings is 2.